The summed E-state index contributed by atoms with van der Waals surface area (Å²) in [5.74, 6) is 1.76. The van der Waals surface area contributed by atoms with Gasteiger partial charge in [-0.05, 0) is 36.4 Å². The summed E-state index contributed by atoms with van der Waals surface area (Å²) in [6, 6.07) is 15.7. The Balaban J connectivity index is 1.32. The summed E-state index contributed by atoms with van der Waals surface area (Å²) in [6.45, 7) is 0. The monoisotopic (exact) mass is 448 g/mol. The van der Waals surface area contributed by atoms with E-state index in [9.17, 15) is 4.79 Å². The summed E-state index contributed by atoms with van der Waals surface area (Å²) in [4.78, 5) is 20.9. The summed E-state index contributed by atoms with van der Waals surface area (Å²) in [5, 5.41) is 8.00. The zero-order chi connectivity index (χ0) is 21.2. The topological polar surface area (TPSA) is 71.1 Å². The number of H-pyrrole nitrogens is 1. The summed E-state index contributed by atoms with van der Waals surface area (Å²) in [7, 11) is 1.64. The molecule has 0 radical (unpaired) electrons. The van der Waals surface area contributed by atoms with E-state index in [2.05, 4.69) is 33.4 Å². The molecule has 0 saturated carbocycles. The van der Waals surface area contributed by atoms with Crippen molar-refractivity contribution in [1.82, 2.24) is 15.2 Å². The van der Waals surface area contributed by atoms with Crippen LogP contribution in [0.15, 0.2) is 82.9 Å². The van der Waals surface area contributed by atoms with Crippen LogP contribution in [0, 0.1) is 0 Å². The Morgan fingerprint density at radius 2 is 1.97 bits per heavy atom. The van der Waals surface area contributed by atoms with Crippen LogP contribution >= 0.6 is 23.5 Å². The predicted molar refractivity (Wildman–Crippen MR) is 125 cm³/mol. The molecule has 31 heavy (non-hydrogen) atoms. The highest BCUT2D eigenvalue weighted by Crippen LogP contribution is 2.43. The number of anilines is 1. The van der Waals surface area contributed by atoms with Gasteiger partial charge in [0, 0.05) is 10.5 Å². The quantitative estimate of drug-likeness (QED) is 0.577. The van der Waals surface area contributed by atoms with Crippen LogP contribution in [0.4, 0.5) is 5.69 Å². The highest BCUT2D eigenvalue weighted by molar-refractivity contribution is 8.00. The minimum absolute atomic E-state index is 0.0139. The molecule has 2 aliphatic rings. The van der Waals surface area contributed by atoms with Gasteiger partial charge in [-0.3, -0.25) is 9.89 Å². The maximum Gasteiger partial charge on any atom is 0.238 e. The van der Waals surface area contributed by atoms with Gasteiger partial charge in [0.25, 0.3) is 0 Å². The zero-order valence-corrected chi connectivity index (χ0v) is 18.4. The second-order valence-corrected chi connectivity index (χ2v) is 9.22. The number of nitrogens with one attached hydrogen (secondary N) is 1. The van der Waals surface area contributed by atoms with E-state index in [1.165, 1.54) is 11.8 Å². The third-order valence-electron chi connectivity index (χ3n) is 5.16. The lowest BCUT2D eigenvalue weighted by Crippen LogP contribution is -2.48. The predicted octanol–water partition coefficient (Wildman–Crippen LogP) is 4.57. The van der Waals surface area contributed by atoms with Crippen molar-refractivity contribution >= 4 is 35.1 Å². The Morgan fingerprint density at radius 1 is 1.16 bits per heavy atom. The first-order valence-corrected chi connectivity index (χ1v) is 11.7. The van der Waals surface area contributed by atoms with Gasteiger partial charge in [0.2, 0.25) is 11.1 Å². The Morgan fingerprint density at radius 3 is 2.81 bits per heavy atom. The van der Waals surface area contributed by atoms with E-state index in [-0.39, 0.29) is 23.0 Å². The number of fused-ring (bicyclic) bond motifs is 2. The molecule has 5 rings (SSSR count). The van der Waals surface area contributed by atoms with Gasteiger partial charge in [-0.25, -0.2) is 4.98 Å². The second kappa shape index (κ2) is 8.64. The van der Waals surface area contributed by atoms with E-state index in [4.69, 9.17) is 4.74 Å². The first-order valence-electron chi connectivity index (χ1n) is 9.85. The second-order valence-electron chi connectivity index (χ2n) is 7.06. The number of amides is 1. The van der Waals surface area contributed by atoms with Crippen molar-refractivity contribution in [2.45, 2.75) is 21.3 Å². The van der Waals surface area contributed by atoms with Gasteiger partial charge in [-0.15, -0.1) is 16.9 Å². The van der Waals surface area contributed by atoms with Crippen LogP contribution in [-0.2, 0) is 4.79 Å². The average Bonchev–Trinajstić information content (AvgIpc) is 3.30. The molecule has 1 aromatic heterocycles. The summed E-state index contributed by atoms with van der Waals surface area (Å²) in [6.07, 6.45) is 8.33. The van der Waals surface area contributed by atoms with Gasteiger partial charge >= 0.3 is 0 Å². The number of carbonyl (C=O) groups is 1. The molecule has 1 aliphatic carbocycles. The molecule has 2 heterocycles. The van der Waals surface area contributed by atoms with Crippen LogP contribution in [0.25, 0.3) is 11.4 Å². The fourth-order valence-electron chi connectivity index (χ4n) is 3.67. The van der Waals surface area contributed by atoms with Crippen LogP contribution in [-0.4, -0.2) is 45.2 Å². The number of rotatable bonds is 5. The van der Waals surface area contributed by atoms with Crippen molar-refractivity contribution in [3.8, 4) is 17.1 Å². The van der Waals surface area contributed by atoms with Gasteiger partial charge in [0.05, 0.1) is 29.8 Å². The van der Waals surface area contributed by atoms with Gasteiger partial charge in [-0.1, -0.05) is 48.2 Å². The normalized spacial score (nSPS) is 19.1. The third kappa shape index (κ3) is 4.00. The molecule has 2 atom stereocenters. The fourth-order valence-corrected chi connectivity index (χ4v) is 5.58. The van der Waals surface area contributed by atoms with Crippen LogP contribution in [0.5, 0.6) is 5.75 Å². The lowest BCUT2D eigenvalue weighted by Gasteiger charge is -2.40. The zero-order valence-electron chi connectivity index (χ0n) is 16.8. The number of hydrogen-bond donors (Lipinski definition) is 1. The van der Waals surface area contributed by atoms with E-state index in [1.807, 2.05) is 59.5 Å². The van der Waals surface area contributed by atoms with E-state index in [0.29, 0.717) is 11.0 Å². The standard InChI is InChI=1S/C23H20N4O2S2/c1-29-16-12-10-15(11-13-16)22-24-23(26-25-22)30-14-21(28)27-17-6-2-4-8-19(17)31-20-9-5-3-7-18(20)27/h2-13,17,19H,14H2,1H3,(H,24,25,26)/t17-,19-/m1/s1. The SMILES string of the molecule is COc1ccc(-c2nc(SCC(=O)N3c4ccccc4S[C@@H]4C=CC=C[C@H]43)n[nH]2)cc1. The number of aromatic nitrogens is 3. The number of nitrogens with zero attached hydrogens (tertiary/aromatic N) is 3. The maximum absolute atomic E-state index is 13.3. The maximum atomic E-state index is 13.3. The number of benzene rings is 2. The molecule has 0 spiro atoms. The van der Waals surface area contributed by atoms with Crippen molar-refractivity contribution in [2.24, 2.45) is 0 Å². The largest absolute Gasteiger partial charge is 0.497 e. The molecule has 8 heteroatoms. The average molecular weight is 449 g/mol. The Bertz CT molecular complexity index is 1160. The summed E-state index contributed by atoms with van der Waals surface area (Å²) >= 11 is 3.14. The van der Waals surface area contributed by atoms with Gasteiger partial charge in [0.15, 0.2) is 5.82 Å². The molecule has 1 aliphatic heterocycles. The molecule has 6 nitrogen and oxygen atoms in total. The molecule has 2 aromatic carbocycles. The van der Waals surface area contributed by atoms with Crippen molar-refractivity contribution in [3.63, 3.8) is 0 Å². The van der Waals surface area contributed by atoms with Gasteiger partial charge in [-0.2, -0.15) is 0 Å². The minimum Gasteiger partial charge on any atom is -0.497 e. The number of thioether (sulfide) groups is 2. The van der Waals surface area contributed by atoms with Crippen molar-refractivity contribution in [1.29, 1.82) is 0 Å². The molecule has 0 fully saturated rings. The van der Waals surface area contributed by atoms with Crippen molar-refractivity contribution in [3.05, 3.63) is 72.8 Å². The number of methoxy groups -OCH3 is 1. The molecular weight excluding hydrogens is 428 g/mol. The van der Waals surface area contributed by atoms with Crippen molar-refractivity contribution in [2.75, 3.05) is 17.8 Å². The third-order valence-corrected chi connectivity index (χ3v) is 7.30. The highest BCUT2D eigenvalue weighted by atomic mass is 32.2. The van der Waals surface area contributed by atoms with Crippen molar-refractivity contribution < 1.29 is 9.53 Å². The Kier molecular flexibility index (Phi) is 5.57. The molecule has 156 valence electrons. The molecule has 3 aromatic rings. The molecular formula is C23H20N4O2S2. The van der Waals surface area contributed by atoms with Gasteiger partial charge < -0.3 is 9.64 Å². The smallest absolute Gasteiger partial charge is 0.238 e. The number of para-hydroxylation sites is 1. The molecule has 0 saturated heterocycles. The lowest BCUT2D eigenvalue weighted by atomic mass is 10.0. The lowest BCUT2D eigenvalue weighted by molar-refractivity contribution is -0.116. The van der Waals surface area contributed by atoms with E-state index < -0.39 is 0 Å². The number of aromatic amines is 1. The number of hydrogen-bond acceptors (Lipinski definition) is 6. The molecule has 0 bridgehead atoms. The van der Waals surface area contributed by atoms with Crippen LogP contribution in [0.1, 0.15) is 0 Å². The molecule has 1 N–H and O–H groups in total. The summed E-state index contributed by atoms with van der Waals surface area (Å²) < 4.78 is 5.19. The first kappa shape index (κ1) is 20.0. The van der Waals surface area contributed by atoms with E-state index in [0.717, 1.165) is 21.9 Å². The highest BCUT2D eigenvalue weighted by Gasteiger charge is 2.36. The minimum atomic E-state index is 0.0139. The fraction of sp³-hybridized carbons (Fsp3) is 0.174. The number of ether oxygens (including phenoxy) is 1. The molecule has 0 unspecified atom stereocenters. The van der Waals surface area contributed by atoms with E-state index >= 15 is 0 Å². The number of carbonyl (C=O) groups excluding carboxylic acids is 1. The van der Waals surface area contributed by atoms with Crippen LogP contribution in [0.2, 0.25) is 0 Å². The molecule has 1 amide bonds. The first-order chi connectivity index (χ1) is 15.2. The Labute approximate surface area is 188 Å². The van der Waals surface area contributed by atoms with E-state index in [1.54, 1.807) is 18.9 Å². The summed E-state index contributed by atoms with van der Waals surface area (Å²) in [5.41, 5.74) is 1.88. The number of allylic oxidation sites excluding steroid dienone is 2. The van der Waals surface area contributed by atoms with Crippen LogP contribution < -0.4 is 9.64 Å². The van der Waals surface area contributed by atoms with Crippen LogP contribution in [0.3, 0.4) is 0 Å². The Hall–Kier alpha value is -2.97. The van der Waals surface area contributed by atoms with Gasteiger partial charge in [0.1, 0.15) is 5.75 Å².